The van der Waals surface area contributed by atoms with Gasteiger partial charge in [-0.1, -0.05) is 0 Å². The Balaban J connectivity index is 2.17. The van der Waals surface area contributed by atoms with Gasteiger partial charge in [-0.15, -0.1) is 0 Å². The van der Waals surface area contributed by atoms with Crippen molar-refractivity contribution in [2.24, 2.45) is 0 Å². The molecule has 0 unspecified atom stereocenters. The Morgan fingerprint density at radius 2 is 2.33 bits per heavy atom. The summed E-state index contributed by atoms with van der Waals surface area (Å²) in [5.41, 5.74) is 3.41. The SMILES string of the molecule is Cc1cc(-c2cnn3c2C(=O)NC[C@@H]3C)ccn1. The van der Waals surface area contributed by atoms with E-state index in [2.05, 4.69) is 15.4 Å². The lowest BCUT2D eigenvalue weighted by molar-refractivity contribution is 0.0913. The summed E-state index contributed by atoms with van der Waals surface area (Å²) in [4.78, 5) is 16.2. The fraction of sp³-hybridized carbons (Fsp3) is 0.308. The third kappa shape index (κ3) is 1.59. The highest BCUT2D eigenvalue weighted by Gasteiger charge is 2.26. The van der Waals surface area contributed by atoms with E-state index in [0.29, 0.717) is 12.2 Å². The molecule has 0 fully saturated rings. The number of rotatable bonds is 1. The molecule has 92 valence electrons. The van der Waals surface area contributed by atoms with Crippen LogP contribution in [0.3, 0.4) is 0 Å². The third-order valence-corrected chi connectivity index (χ3v) is 3.19. The molecule has 0 radical (unpaired) electrons. The minimum absolute atomic E-state index is 0.0601. The molecule has 2 aromatic rings. The number of carbonyl (C=O) groups excluding carboxylic acids is 1. The molecule has 5 nitrogen and oxygen atoms in total. The van der Waals surface area contributed by atoms with E-state index in [1.54, 1.807) is 17.1 Å². The normalized spacial score (nSPS) is 18.3. The number of aryl methyl sites for hydroxylation is 1. The van der Waals surface area contributed by atoms with Crippen molar-refractivity contribution >= 4 is 5.91 Å². The molecule has 0 saturated carbocycles. The summed E-state index contributed by atoms with van der Waals surface area (Å²) in [6.07, 6.45) is 3.50. The minimum atomic E-state index is -0.0601. The van der Waals surface area contributed by atoms with Crippen molar-refractivity contribution in [2.45, 2.75) is 19.9 Å². The Morgan fingerprint density at radius 1 is 1.50 bits per heavy atom. The quantitative estimate of drug-likeness (QED) is 0.825. The first kappa shape index (κ1) is 11.0. The van der Waals surface area contributed by atoms with E-state index in [4.69, 9.17) is 0 Å². The topological polar surface area (TPSA) is 59.8 Å². The van der Waals surface area contributed by atoms with E-state index in [0.717, 1.165) is 16.8 Å². The van der Waals surface area contributed by atoms with Gasteiger partial charge in [-0.05, 0) is 31.5 Å². The highest BCUT2D eigenvalue weighted by atomic mass is 16.2. The van der Waals surface area contributed by atoms with Crippen LogP contribution in [0, 0.1) is 6.92 Å². The highest BCUT2D eigenvalue weighted by molar-refractivity contribution is 5.99. The second-order valence-corrected chi connectivity index (χ2v) is 4.60. The summed E-state index contributed by atoms with van der Waals surface area (Å²) in [6.45, 7) is 4.60. The Labute approximate surface area is 105 Å². The van der Waals surface area contributed by atoms with E-state index >= 15 is 0 Å². The van der Waals surface area contributed by atoms with Crippen LogP contribution < -0.4 is 5.32 Å². The second kappa shape index (κ2) is 3.94. The number of nitrogens with one attached hydrogen (secondary N) is 1. The number of carbonyl (C=O) groups is 1. The number of pyridine rings is 1. The molecule has 0 aromatic carbocycles. The Bertz CT molecular complexity index is 617. The van der Waals surface area contributed by atoms with Crippen LogP contribution >= 0.6 is 0 Å². The molecule has 18 heavy (non-hydrogen) atoms. The van der Waals surface area contributed by atoms with Gasteiger partial charge in [0.1, 0.15) is 5.69 Å². The highest BCUT2D eigenvalue weighted by Crippen LogP contribution is 2.27. The standard InChI is InChI=1S/C13H14N4O/c1-8-5-10(3-4-14-8)11-7-16-17-9(2)6-15-13(18)12(11)17/h3-5,7,9H,6H2,1-2H3,(H,15,18)/t9-/m0/s1. The number of hydrogen-bond donors (Lipinski definition) is 1. The largest absolute Gasteiger partial charge is 0.349 e. The molecule has 5 heteroatoms. The van der Waals surface area contributed by atoms with Gasteiger partial charge in [-0.25, -0.2) is 0 Å². The van der Waals surface area contributed by atoms with Crippen LogP contribution in [0.15, 0.2) is 24.5 Å². The van der Waals surface area contributed by atoms with Gasteiger partial charge < -0.3 is 5.32 Å². The monoisotopic (exact) mass is 242 g/mol. The summed E-state index contributed by atoms with van der Waals surface area (Å²) >= 11 is 0. The van der Waals surface area contributed by atoms with Gasteiger partial charge in [0.05, 0.1) is 12.2 Å². The maximum atomic E-state index is 12.0. The summed E-state index contributed by atoms with van der Waals surface area (Å²) in [6, 6.07) is 4.05. The predicted octanol–water partition coefficient (Wildman–Crippen LogP) is 1.56. The molecule has 2 aromatic heterocycles. The summed E-state index contributed by atoms with van der Waals surface area (Å²) in [5, 5.41) is 7.21. The van der Waals surface area contributed by atoms with E-state index in [1.165, 1.54) is 0 Å². The average molecular weight is 242 g/mol. The first-order chi connectivity index (χ1) is 8.66. The molecule has 3 heterocycles. The molecule has 1 atom stereocenters. The minimum Gasteiger partial charge on any atom is -0.349 e. The summed E-state index contributed by atoms with van der Waals surface area (Å²) in [5.74, 6) is -0.0601. The number of fused-ring (bicyclic) bond motifs is 1. The molecule has 1 amide bonds. The van der Waals surface area contributed by atoms with E-state index in [9.17, 15) is 4.79 Å². The van der Waals surface area contributed by atoms with Crippen molar-refractivity contribution in [3.63, 3.8) is 0 Å². The van der Waals surface area contributed by atoms with Crippen LogP contribution in [0.1, 0.15) is 29.1 Å². The fourth-order valence-corrected chi connectivity index (χ4v) is 2.26. The fourth-order valence-electron chi connectivity index (χ4n) is 2.26. The third-order valence-electron chi connectivity index (χ3n) is 3.19. The maximum absolute atomic E-state index is 12.0. The van der Waals surface area contributed by atoms with Gasteiger partial charge >= 0.3 is 0 Å². The summed E-state index contributed by atoms with van der Waals surface area (Å²) in [7, 11) is 0. The molecule has 1 aliphatic heterocycles. The van der Waals surface area contributed by atoms with Gasteiger partial charge in [0.25, 0.3) is 5.91 Å². The van der Waals surface area contributed by atoms with Crippen molar-refractivity contribution in [3.05, 3.63) is 35.9 Å². The van der Waals surface area contributed by atoms with Crippen LogP contribution in [-0.4, -0.2) is 27.2 Å². The summed E-state index contributed by atoms with van der Waals surface area (Å²) < 4.78 is 1.80. The van der Waals surface area contributed by atoms with Gasteiger partial charge in [0, 0.05) is 24.0 Å². The molecule has 0 aliphatic carbocycles. The number of aromatic nitrogens is 3. The Morgan fingerprint density at radius 3 is 3.11 bits per heavy atom. The predicted molar refractivity (Wildman–Crippen MR) is 67.2 cm³/mol. The van der Waals surface area contributed by atoms with Crippen molar-refractivity contribution in [1.82, 2.24) is 20.1 Å². The molecule has 1 aliphatic rings. The lowest BCUT2D eigenvalue weighted by atomic mass is 10.1. The van der Waals surface area contributed by atoms with Crippen molar-refractivity contribution in [3.8, 4) is 11.1 Å². The first-order valence-corrected chi connectivity index (χ1v) is 5.95. The molecule has 0 bridgehead atoms. The van der Waals surface area contributed by atoms with Crippen molar-refractivity contribution in [2.75, 3.05) is 6.54 Å². The van der Waals surface area contributed by atoms with Crippen LogP contribution in [0.25, 0.3) is 11.1 Å². The van der Waals surface area contributed by atoms with Crippen molar-refractivity contribution < 1.29 is 4.79 Å². The molecule has 3 rings (SSSR count). The lowest BCUT2D eigenvalue weighted by Gasteiger charge is -2.22. The van der Waals surface area contributed by atoms with Crippen LogP contribution in [-0.2, 0) is 0 Å². The Hall–Kier alpha value is -2.17. The molecule has 0 saturated heterocycles. The van der Waals surface area contributed by atoms with Gasteiger partial charge in [0.2, 0.25) is 0 Å². The van der Waals surface area contributed by atoms with E-state index in [-0.39, 0.29) is 11.9 Å². The maximum Gasteiger partial charge on any atom is 0.270 e. The zero-order valence-electron chi connectivity index (χ0n) is 10.3. The second-order valence-electron chi connectivity index (χ2n) is 4.60. The molecular weight excluding hydrogens is 228 g/mol. The van der Waals surface area contributed by atoms with E-state index < -0.39 is 0 Å². The van der Waals surface area contributed by atoms with Crippen molar-refractivity contribution in [1.29, 1.82) is 0 Å². The van der Waals surface area contributed by atoms with Crippen LogP contribution in [0.5, 0.6) is 0 Å². The van der Waals surface area contributed by atoms with Crippen LogP contribution in [0.4, 0.5) is 0 Å². The average Bonchev–Trinajstić information content (AvgIpc) is 2.80. The Kier molecular flexibility index (Phi) is 2.40. The zero-order valence-corrected chi connectivity index (χ0v) is 10.3. The number of nitrogens with zero attached hydrogens (tertiary/aromatic N) is 3. The lowest BCUT2D eigenvalue weighted by Crippen LogP contribution is -2.38. The van der Waals surface area contributed by atoms with Gasteiger partial charge in [-0.3, -0.25) is 14.5 Å². The smallest absolute Gasteiger partial charge is 0.270 e. The number of hydrogen-bond acceptors (Lipinski definition) is 3. The van der Waals surface area contributed by atoms with Gasteiger partial charge in [-0.2, -0.15) is 5.10 Å². The van der Waals surface area contributed by atoms with Crippen LogP contribution in [0.2, 0.25) is 0 Å². The number of amides is 1. The first-order valence-electron chi connectivity index (χ1n) is 5.95. The molecule has 0 spiro atoms. The molecule has 1 N–H and O–H groups in total. The molecular formula is C13H14N4O. The van der Waals surface area contributed by atoms with Gasteiger partial charge in [0.15, 0.2) is 0 Å². The van der Waals surface area contributed by atoms with E-state index in [1.807, 2.05) is 26.0 Å². The zero-order chi connectivity index (χ0) is 12.7.